The molecule has 0 aromatic rings. The van der Waals surface area contributed by atoms with Crippen molar-refractivity contribution in [2.75, 3.05) is 6.54 Å². The molecule has 0 unspecified atom stereocenters. The van der Waals surface area contributed by atoms with Crippen molar-refractivity contribution in [2.24, 2.45) is 5.73 Å². The molecule has 0 aliphatic heterocycles. The summed E-state index contributed by atoms with van der Waals surface area (Å²) < 4.78 is 0. The molecule has 14 heavy (non-hydrogen) atoms. The topological polar surface area (TPSA) is 55.1 Å². The van der Waals surface area contributed by atoms with Gasteiger partial charge in [0, 0.05) is 17.7 Å². The minimum Gasteiger partial charge on any atom is -0.352 e. The van der Waals surface area contributed by atoms with Crippen LogP contribution in [-0.4, -0.2) is 18.0 Å². The van der Waals surface area contributed by atoms with Crippen molar-refractivity contribution in [1.82, 2.24) is 5.32 Å². The van der Waals surface area contributed by atoms with Crippen molar-refractivity contribution < 1.29 is 4.79 Å². The summed E-state index contributed by atoms with van der Waals surface area (Å²) in [6, 6.07) is 0. The van der Waals surface area contributed by atoms with E-state index in [9.17, 15) is 4.79 Å². The first kappa shape index (κ1) is 11.2. The fourth-order valence-electron chi connectivity index (χ4n) is 1.67. The number of hydrogen-bond acceptors (Lipinski definition) is 2. The fraction of sp³-hybridized carbons (Fsp3) is 0.727. The standard InChI is InChI=1S/C11H20N2O/c1-9(2)10(14)13-8-4-7-11(12)5-3-6-11/h1,3-8,12H2,2H3,(H,13,14). The van der Waals surface area contributed by atoms with E-state index in [0.29, 0.717) is 12.1 Å². The zero-order valence-corrected chi connectivity index (χ0v) is 8.94. The van der Waals surface area contributed by atoms with Crippen molar-refractivity contribution >= 4 is 5.91 Å². The second kappa shape index (κ2) is 4.60. The highest BCUT2D eigenvalue weighted by molar-refractivity contribution is 5.91. The molecule has 0 aromatic heterocycles. The van der Waals surface area contributed by atoms with E-state index in [2.05, 4.69) is 11.9 Å². The largest absolute Gasteiger partial charge is 0.352 e. The van der Waals surface area contributed by atoms with Gasteiger partial charge in [-0.3, -0.25) is 4.79 Å². The lowest BCUT2D eigenvalue weighted by atomic mass is 9.75. The average molecular weight is 196 g/mol. The van der Waals surface area contributed by atoms with Crippen molar-refractivity contribution in [3.63, 3.8) is 0 Å². The van der Waals surface area contributed by atoms with Crippen molar-refractivity contribution in [2.45, 2.75) is 44.6 Å². The number of amides is 1. The van der Waals surface area contributed by atoms with Crippen LogP contribution in [0.2, 0.25) is 0 Å². The number of carbonyl (C=O) groups excluding carboxylic acids is 1. The Kier molecular flexibility index (Phi) is 3.69. The van der Waals surface area contributed by atoms with E-state index in [1.165, 1.54) is 6.42 Å². The fourth-order valence-corrected chi connectivity index (χ4v) is 1.67. The van der Waals surface area contributed by atoms with Crippen molar-refractivity contribution in [3.05, 3.63) is 12.2 Å². The summed E-state index contributed by atoms with van der Waals surface area (Å²) in [7, 11) is 0. The molecule has 0 saturated heterocycles. The lowest BCUT2D eigenvalue weighted by molar-refractivity contribution is -0.117. The van der Waals surface area contributed by atoms with E-state index in [4.69, 9.17) is 5.73 Å². The molecule has 0 atom stereocenters. The molecule has 1 saturated carbocycles. The van der Waals surface area contributed by atoms with Crippen LogP contribution in [0.3, 0.4) is 0 Å². The first-order chi connectivity index (χ1) is 6.53. The lowest BCUT2D eigenvalue weighted by Gasteiger charge is -2.38. The first-order valence-corrected chi connectivity index (χ1v) is 5.26. The van der Waals surface area contributed by atoms with E-state index in [1.54, 1.807) is 6.92 Å². The number of hydrogen-bond donors (Lipinski definition) is 2. The Hall–Kier alpha value is -0.830. The highest BCUT2D eigenvalue weighted by atomic mass is 16.1. The molecule has 1 aliphatic rings. The number of carbonyl (C=O) groups is 1. The molecule has 0 spiro atoms. The molecule has 3 N–H and O–H groups in total. The van der Waals surface area contributed by atoms with Crippen LogP contribution >= 0.6 is 0 Å². The van der Waals surface area contributed by atoms with Gasteiger partial charge in [0.2, 0.25) is 5.91 Å². The smallest absolute Gasteiger partial charge is 0.246 e. The van der Waals surface area contributed by atoms with Crippen LogP contribution in [-0.2, 0) is 4.79 Å². The zero-order chi connectivity index (χ0) is 10.6. The summed E-state index contributed by atoms with van der Waals surface area (Å²) in [5, 5.41) is 2.81. The molecule has 0 radical (unpaired) electrons. The molecule has 0 bridgehead atoms. The Morgan fingerprint density at radius 1 is 1.57 bits per heavy atom. The molecule has 0 heterocycles. The van der Waals surface area contributed by atoms with Gasteiger partial charge in [0.1, 0.15) is 0 Å². The van der Waals surface area contributed by atoms with Crippen LogP contribution in [0.25, 0.3) is 0 Å². The molecule has 3 heteroatoms. The predicted octanol–water partition coefficient (Wildman–Crippen LogP) is 1.34. The van der Waals surface area contributed by atoms with Crippen molar-refractivity contribution in [3.8, 4) is 0 Å². The van der Waals surface area contributed by atoms with Crippen LogP contribution in [0.1, 0.15) is 39.0 Å². The predicted molar refractivity (Wildman–Crippen MR) is 57.8 cm³/mol. The van der Waals surface area contributed by atoms with Gasteiger partial charge in [0.25, 0.3) is 0 Å². The third-order valence-corrected chi connectivity index (χ3v) is 2.87. The average Bonchev–Trinajstić information content (AvgIpc) is 2.09. The molecular formula is C11H20N2O. The van der Waals surface area contributed by atoms with E-state index < -0.39 is 0 Å². The summed E-state index contributed by atoms with van der Waals surface area (Å²) in [4.78, 5) is 11.1. The SMILES string of the molecule is C=C(C)C(=O)NCCCC1(N)CCC1. The van der Waals surface area contributed by atoms with Gasteiger partial charge in [-0.05, 0) is 39.0 Å². The van der Waals surface area contributed by atoms with Crippen LogP contribution in [0.5, 0.6) is 0 Å². The monoisotopic (exact) mass is 196 g/mol. The van der Waals surface area contributed by atoms with E-state index in [1.807, 2.05) is 0 Å². The summed E-state index contributed by atoms with van der Waals surface area (Å²) in [5.74, 6) is -0.0512. The normalized spacial score (nSPS) is 18.4. The minimum atomic E-state index is -0.0512. The van der Waals surface area contributed by atoms with Gasteiger partial charge in [-0.2, -0.15) is 0 Å². The molecule has 1 aliphatic carbocycles. The number of nitrogens with one attached hydrogen (secondary N) is 1. The molecule has 3 nitrogen and oxygen atoms in total. The second-order valence-electron chi connectivity index (χ2n) is 4.36. The molecular weight excluding hydrogens is 176 g/mol. The Bertz CT molecular complexity index is 231. The molecule has 1 amide bonds. The van der Waals surface area contributed by atoms with Crippen LogP contribution in [0.4, 0.5) is 0 Å². The van der Waals surface area contributed by atoms with Gasteiger partial charge in [-0.1, -0.05) is 6.58 Å². The highest BCUT2D eigenvalue weighted by Crippen LogP contribution is 2.32. The van der Waals surface area contributed by atoms with Crippen LogP contribution < -0.4 is 11.1 Å². The van der Waals surface area contributed by atoms with Gasteiger partial charge < -0.3 is 11.1 Å². The van der Waals surface area contributed by atoms with Gasteiger partial charge in [0.05, 0.1) is 0 Å². The van der Waals surface area contributed by atoms with Gasteiger partial charge >= 0.3 is 0 Å². The second-order valence-corrected chi connectivity index (χ2v) is 4.36. The summed E-state index contributed by atoms with van der Waals surface area (Å²) >= 11 is 0. The van der Waals surface area contributed by atoms with Gasteiger partial charge in [-0.15, -0.1) is 0 Å². The summed E-state index contributed by atoms with van der Waals surface area (Å²) in [6.07, 6.45) is 5.52. The highest BCUT2D eigenvalue weighted by Gasteiger charge is 2.31. The number of nitrogens with two attached hydrogens (primary N) is 1. The first-order valence-electron chi connectivity index (χ1n) is 5.26. The molecule has 0 aromatic carbocycles. The quantitative estimate of drug-likeness (QED) is 0.515. The van der Waals surface area contributed by atoms with Gasteiger partial charge in [0.15, 0.2) is 0 Å². The Balaban J connectivity index is 2.04. The Labute approximate surface area is 85.7 Å². The lowest BCUT2D eigenvalue weighted by Crippen LogP contribution is -2.46. The van der Waals surface area contributed by atoms with E-state index in [-0.39, 0.29) is 11.4 Å². The van der Waals surface area contributed by atoms with Gasteiger partial charge in [-0.25, -0.2) is 0 Å². The van der Waals surface area contributed by atoms with Crippen LogP contribution in [0.15, 0.2) is 12.2 Å². The molecule has 80 valence electrons. The third kappa shape index (κ3) is 3.14. The van der Waals surface area contributed by atoms with Crippen LogP contribution in [0, 0.1) is 0 Å². The molecule has 1 rings (SSSR count). The minimum absolute atomic E-state index is 0.0512. The summed E-state index contributed by atoms with van der Waals surface area (Å²) in [6.45, 7) is 6.00. The van der Waals surface area contributed by atoms with E-state index >= 15 is 0 Å². The van der Waals surface area contributed by atoms with E-state index in [0.717, 1.165) is 25.7 Å². The Morgan fingerprint density at radius 3 is 2.64 bits per heavy atom. The molecule has 1 fully saturated rings. The number of rotatable bonds is 5. The zero-order valence-electron chi connectivity index (χ0n) is 8.94. The summed E-state index contributed by atoms with van der Waals surface area (Å²) in [5.41, 5.74) is 6.69. The maximum atomic E-state index is 11.1. The maximum Gasteiger partial charge on any atom is 0.246 e. The maximum absolute atomic E-state index is 11.1. The Morgan fingerprint density at radius 2 is 2.21 bits per heavy atom. The third-order valence-electron chi connectivity index (χ3n) is 2.87. The van der Waals surface area contributed by atoms with Crippen molar-refractivity contribution in [1.29, 1.82) is 0 Å².